The molecule has 4 nitrogen and oxygen atoms in total. The summed E-state index contributed by atoms with van der Waals surface area (Å²) in [6, 6.07) is 0. The molecule has 0 aliphatic heterocycles. The normalized spacial score (nSPS) is 15.9. The van der Waals surface area contributed by atoms with Crippen LogP contribution in [-0.4, -0.2) is 28.8 Å². The topological polar surface area (TPSA) is 83.6 Å². The highest BCUT2D eigenvalue weighted by molar-refractivity contribution is 5.66. The van der Waals surface area contributed by atoms with E-state index in [1.54, 1.807) is 0 Å². The number of rotatable bonds is 5. The second-order valence-corrected chi connectivity index (χ2v) is 3.93. The molecule has 1 fully saturated rings. The van der Waals surface area contributed by atoms with Gasteiger partial charge < -0.3 is 15.9 Å². The Morgan fingerprint density at radius 3 is 2.13 bits per heavy atom. The fraction of sp³-hybridized carbons (Fsp3) is 0.909. The van der Waals surface area contributed by atoms with Gasteiger partial charge in [0, 0.05) is 6.42 Å². The number of hydrogen-bond donors (Lipinski definition) is 3. The minimum absolute atomic E-state index is 0.0463. The second-order valence-electron chi connectivity index (χ2n) is 3.93. The molecule has 0 spiro atoms. The third-order valence-electron chi connectivity index (χ3n) is 2.42. The van der Waals surface area contributed by atoms with Crippen LogP contribution < -0.4 is 5.73 Å². The minimum atomic E-state index is -0.716. The number of carbonyl (C=O) groups is 1. The average molecular weight is 217 g/mol. The Bertz CT molecular complexity index is 156. The first-order valence-electron chi connectivity index (χ1n) is 5.76. The van der Waals surface area contributed by atoms with Crippen molar-refractivity contribution in [3.63, 3.8) is 0 Å². The molecule has 0 aromatic rings. The number of aliphatic hydroxyl groups excluding tert-OH is 1. The zero-order valence-corrected chi connectivity index (χ0v) is 9.32. The fourth-order valence-electron chi connectivity index (χ4n) is 1.50. The summed E-state index contributed by atoms with van der Waals surface area (Å²) in [4.78, 5) is 9.93. The molecule has 0 saturated heterocycles. The minimum Gasteiger partial charge on any atom is -0.481 e. The van der Waals surface area contributed by atoms with E-state index in [0.29, 0.717) is 6.54 Å². The van der Waals surface area contributed by atoms with Crippen LogP contribution in [0.5, 0.6) is 0 Å². The van der Waals surface area contributed by atoms with E-state index in [9.17, 15) is 4.79 Å². The third-order valence-corrected chi connectivity index (χ3v) is 2.42. The molecule has 1 rings (SSSR count). The van der Waals surface area contributed by atoms with Crippen LogP contribution in [-0.2, 0) is 4.79 Å². The molecule has 0 radical (unpaired) electrons. The van der Waals surface area contributed by atoms with Gasteiger partial charge in [-0.15, -0.1) is 0 Å². The van der Waals surface area contributed by atoms with E-state index in [-0.39, 0.29) is 12.5 Å². The Hall–Kier alpha value is -0.610. The highest BCUT2D eigenvalue weighted by Crippen LogP contribution is 2.16. The number of aliphatic carboxylic acids is 1. The van der Waals surface area contributed by atoms with Crippen LogP contribution in [0.2, 0.25) is 0 Å². The molecule has 1 aliphatic rings. The van der Waals surface area contributed by atoms with Crippen LogP contribution in [0.1, 0.15) is 51.4 Å². The molecular weight excluding hydrogens is 194 g/mol. The first-order chi connectivity index (χ1) is 7.16. The van der Waals surface area contributed by atoms with Crippen LogP contribution in [0.3, 0.4) is 0 Å². The van der Waals surface area contributed by atoms with Crippen LogP contribution in [0.4, 0.5) is 0 Å². The highest BCUT2D eigenvalue weighted by atomic mass is 16.4. The van der Waals surface area contributed by atoms with Gasteiger partial charge in [0.15, 0.2) is 0 Å². The van der Waals surface area contributed by atoms with Crippen molar-refractivity contribution in [2.45, 2.75) is 57.5 Å². The van der Waals surface area contributed by atoms with Gasteiger partial charge >= 0.3 is 5.97 Å². The van der Waals surface area contributed by atoms with Gasteiger partial charge in [-0.05, 0) is 32.2 Å². The van der Waals surface area contributed by atoms with Crippen LogP contribution >= 0.6 is 0 Å². The van der Waals surface area contributed by atoms with Crippen molar-refractivity contribution in [1.82, 2.24) is 0 Å². The van der Waals surface area contributed by atoms with Gasteiger partial charge in [-0.3, -0.25) is 4.79 Å². The number of aliphatic hydroxyl groups is 1. The molecule has 0 bridgehead atoms. The predicted octanol–water partition coefficient (Wildman–Crippen LogP) is 1.51. The van der Waals surface area contributed by atoms with Crippen molar-refractivity contribution in [1.29, 1.82) is 0 Å². The Morgan fingerprint density at radius 2 is 1.80 bits per heavy atom. The van der Waals surface area contributed by atoms with E-state index in [4.69, 9.17) is 15.9 Å². The molecule has 0 aromatic heterocycles. The van der Waals surface area contributed by atoms with Crippen molar-refractivity contribution >= 4 is 5.97 Å². The van der Waals surface area contributed by atoms with Crippen molar-refractivity contribution in [3.8, 4) is 0 Å². The molecule has 0 aromatic carbocycles. The van der Waals surface area contributed by atoms with Crippen molar-refractivity contribution in [3.05, 3.63) is 0 Å². The molecule has 1 aliphatic carbocycles. The number of carboxylic acids is 1. The molecule has 15 heavy (non-hydrogen) atoms. The van der Waals surface area contributed by atoms with Gasteiger partial charge in [0.2, 0.25) is 0 Å². The summed E-state index contributed by atoms with van der Waals surface area (Å²) in [5.41, 5.74) is 5.20. The van der Waals surface area contributed by atoms with E-state index in [2.05, 4.69) is 0 Å². The highest BCUT2D eigenvalue weighted by Gasteiger charge is 2.09. The summed E-state index contributed by atoms with van der Waals surface area (Å²) in [6.07, 6.45) is 7.51. The maximum Gasteiger partial charge on any atom is 0.303 e. The van der Waals surface area contributed by atoms with E-state index in [1.807, 2.05) is 0 Å². The number of hydrogen-bond acceptors (Lipinski definition) is 3. The largest absolute Gasteiger partial charge is 0.481 e. The number of carboxylic acid groups (broad SMARTS) is 1. The summed E-state index contributed by atoms with van der Waals surface area (Å²) in [6.45, 7) is 0.666. The smallest absolute Gasteiger partial charge is 0.303 e. The molecule has 4 N–H and O–H groups in total. The summed E-state index contributed by atoms with van der Waals surface area (Å²) in [5, 5.41) is 16.9. The molecule has 0 unspecified atom stereocenters. The van der Waals surface area contributed by atoms with Gasteiger partial charge in [0.25, 0.3) is 0 Å². The van der Waals surface area contributed by atoms with Gasteiger partial charge in [0.05, 0.1) is 6.10 Å². The van der Waals surface area contributed by atoms with Gasteiger partial charge in [-0.25, -0.2) is 0 Å². The summed E-state index contributed by atoms with van der Waals surface area (Å²) in [5.74, 6) is -0.716. The Kier molecular flexibility index (Phi) is 9.52. The average Bonchev–Trinajstić information content (AvgIpc) is 2.65. The van der Waals surface area contributed by atoms with E-state index in [1.165, 1.54) is 12.8 Å². The van der Waals surface area contributed by atoms with Crippen LogP contribution in [0, 0.1) is 0 Å². The van der Waals surface area contributed by atoms with Crippen LogP contribution in [0.15, 0.2) is 0 Å². The SMILES string of the molecule is NCCCCCC(=O)O.OC1CCCC1. The van der Waals surface area contributed by atoms with Gasteiger partial charge in [-0.2, -0.15) is 0 Å². The lowest BCUT2D eigenvalue weighted by Gasteiger charge is -1.93. The first kappa shape index (κ1) is 14.4. The zero-order chi connectivity index (χ0) is 11.5. The van der Waals surface area contributed by atoms with Crippen molar-refractivity contribution in [2.75, 3.05) is 6.54 Å². The number of nitrogens with two attached hydrogens (primary N) is 1. The molecule has 0 atom stereocenters. The van der Waals surface area contributed by atoms with E-state index < -0.39 is 5.97 Å². The lowest BCUT2D eigenvalue weighted by molar-refractivity contribution is -0.137. The third kappa shape index (κ3) is 11.3. The number of unbranched alkanes of at least 4 members (excludes halogenated alkanes) is 2. The fourth-order valence-corrected chi connectivity index (χ4v) is 1.50. The predicted molar refractivity (Wildman–Crippen MR) is 59.6 cm³/mol. The second kappa shape index (κ2) is 9.93. The van der Waals surface area contributed by atoms with Crippen LogP contribution in [0.25, 0.3) is 0 Å². The molecule has 4 heteroatoms. The first-order valence-corrected chi connectivity index (χ1v) is 5.76. The monoisotopic (exact) mass is 217 g/mol. The Balaban J connectivity index is 0.000000280. The summed E-state index contributed by atoms with van der Waals surface area (Å²) < 4.78 is 0. The van der Waals surface area contributed by atoms with E-state index >= 15 is 0 Å². The van der Waals surface area contributed by atoms with Gasteiger partial charge in [0.1, 0.15) is 0 Å². The zero-order valence-electron chi connectivity index (χ0n) is 9.32. The summed E-state index contributed by atoms with van der Waals surface area (Å²) in [7, 11) is 0. The summed E-state index contributed by atoms with van der Waals surface area (Å²) >= 11 is 0. The Morgan fingerprint density at radius 1 is 1.20 bits per heavy atom. The van der Waals surface area contributed by atoms with E-state index in [0.717, 1.165) is 32.1 Å². The molecular formula is C11H23NO3. The van der Waals surface area contributed by atoms with Crippen molar-refractivity contribution < 1.29 is 15.0 Å². The van der Waals surface area contributed by atoms with Crippen molar-refractivity contribution in [2.24, 2.45) is 5.73 Å². The standard InChI is InChI=1S/C6H13NO2.C5H10O/c7-5-3-1-2-4-6(8)9;6-5-3-1-2-4-5/h1-5,7H2,(H,8,9);5-6H,1-4H2. The Labute approximate surface area is 91.5 Å². The lowest BCUT2D eigenvalue weighted by atomic mass is 10.2. The maximum atomic E-state index is 9.93. The molecule has 0 amide bonds. The molecule has 90 valence electrons. The maximum absolute atomic E-state index is 9.93. The molecule has 0 heterocycles. The quantitative estimate of drug-likeness (QED) is 0.609. The molecule has 1 saturated carbocycles. The lowest BCUT2D eigenvalue weighted by Crippen LogP contribution is -1.99. The van der Waals surface area contributed by atoms with Gasteiger partial charge in [-0.1, -0.05) is 19.3 Å².